The monoisotopic (exact) mass is 712 g/mol. The van der Waals surface area contributed by atoms with Gasteiger partial charge in [-0.15, -0.1) is 0 Å². The Morgan fingerprint density at radius 2 is 0.740 bits per heavy atom. The molecule has 0 atom stereocenters. The van der Waals surface area contributed by atoms with Crippen LogP contribution in [-0.2, 0) is 36.4 Å². The van der Waals surface area contributed by atoms with Crippen LogP contribution < -0.4 is 10.6 Å². The number of nitrogens with one attached hydrogen (secondary N) is 2. The Hall–Kier alpha value is -2.47. The Labute approximate surface area is 305 Å². The number of rotatable bonds is 32. The zero-order valence-electron chi connectivity index (χ0n) is 31.5. The summed E-state index contributed by atoms with van der Waals surface area (Å²) in [4.78, 5) is 24.7. The fourth-order valence-corrected chi connectivity index (χ4v) is 6.69. The van der Waals surface area contributed by atoms with Gasteiger partial charge in [-0.1, -0.05) is 167 Å². The molecule has 0 saturated heterocycles. The van der Waals surface area contributed by atoms with Crippen LogP contribution in [0.5, 0.6) is 0 Å². The molecule has 2 rings (SSSR count). The Morgan fingerprint density at radius 1 is 0.460 bits per heavy atom. The number of carbonyl (C=O) groups excluding carboxylic acids is 2. The van der Waals surface area contributed by atoms with Gasteiger partial charge in [0.2, 0.25) is 11.8 Å². The zero-order valence-corrected chi connectivity index (χ0v) is 32.5. The summed E-state index contributed by atoms with van der Waals surface area (Å²) < 4.78 is 23.2. The van der Waals surface area contributed by atoms with Crippen molar-refractivity contribution in [1.82, 2.24) is 0 Å². The van der Waals surface area contributed by atoms with Crippen LogP contribution in [0, 0.1) is 0 Å². The molecule has 0 fully saturated rings. The maximum Gasteiger partial charge on any atom is 0.319 e. The summed E-state index contributed by atoms with van der Waals surface area (Å²) >= 11 is 0. The van der Waals surface area contributed by atoms with E-state index in [2.05, 4.69) is 24.5 Å². The minimum atomic E-state index is -2.68. The summed E-state index contributed by atoms with van der Waals surface area (Å²) in [6, 6.07) is 14.8. The van der Waals surface area contributed by atoms with Gasteiger partial charge < -0.3 is 19.7 Å². The second-order valence-electron chi connectivity index (χ2n) is 13.9. The van der Waals surface area contributed by atoms with Gasteiger partial charge >= 0.3 is 8.25 Å². The number of hydrogen-bond donors (Lipinski definition) is 2. The third kappa shape index (κ3) is 23.8. The standard InChI is InChI=1S/C42H69N2O5P/c1-3-5-7-9-11-13-15-17-19-21-23-25-41(45)43-39-31-27-37(28-32-39)35-48-50(47)49-36-38-29-33-40(34-30-38)44-42(46)26-24-22-20-18-16-14-12-10-8-6-4-2/h27-34,50H,3-26,35-36H2,1-2H3,(H,43,45)(H,44,46). The van der Waals surface area contributed by atoms with Gasteiger partial charge in [0.1, 0.15) is 0 Å². The van der Waals surface area contributed by atoms with Gasteiger partial charge in [-0.2, -0.15) is 0 Å². The molecule has 0 aliphatic rings. The summed E-state index contributed by atoms with van der Waals surface area (Å²) in [6.45, 7) is 4.83. The molecule has 2 aromatic carbocycles. The minimum Gasteiger partial charge on any atom is -0.326 e. The molecule has 0 bridgehead atoms. The molecule has 0 aromatic heterocycles. The average Bonchev–Trinajstić information content (AvgIpc) is 3.12. The summed E-state index contributed by atoms with van der Waals surface area (Å²) in [5.41, 5.74) is 3.20. The molecule has 50 heavy (non-hydrogen) atoms. The first-order valence-corrected chi connectivity index (χ1v) is 21.3. The van der Waals surface area contributed by atoms with E-state index in [-0.39, 0.29) is 25.0 Å². The predicted octanol–water partition coefficient (Wildman–Crippen LogP) is 13.1. The van der Waals surface area contributed by atoms with Crippen LogP contribution in [0.1, 0.15) is 179 Å². The van der Waals surface area contributed by atoms with Crippen LogP contribution in [0.2, 0.25) is 0 Å². The van der Waals surface area contributed by atoms with Gasteiger partial charge in [-0.25, -0.2) is 0 Å². The fraction of sp³-hybridized carbons (Fsp3) is 0.667. The van der Waals surface area contributed by atoms with E-state index >= 15 is 0 Å². The number of hydrogen-bond acceptors (Lipinski definition) is 5. The zero-order chi connectivity index (χ0) is 35.9. The summed E-state index contributed by atoms with van der Waals surface area (Å²) in [5, 5.41) is 5.93. The first kappa shape index (κ1) is 43.7. The van der Waals surface area contributed by atoms with Crippen LogP contribution in [0.25, 0.3) is 0 Å². The van der Waals surface area contributed by atoms with E-state index in [1.165, 1.54) is 116 Å². The van der Waals surface area contributed by atoms with Crippen molar-refractivity contribution in [2.75, 3.05) is 10.6 Å². The predicted molar refractivity (Wildman–Crippen MR) is 211 cm³/mol. The van der Waals surface area contributed by atoms with Crippen molar-refractivity contribution in [2.45, 2.75) is 181 Å². The lowest BCUT2D eigenvalue weighted by atomic mass is 10.1. The minimum absolute atomic E-state index is 0.0402. The molecule has 2 N–H and O–H groups in total. The first-order valence-electron chi connectivity index (χ1n) is 20.1. The average molecular weight is 713 g/mol. The number of benzene rings is 2. The van der Waals surface area contributed by atoms with E-state index in [1.54, 1.807) is 0 Å². The number of amides is 2. The van der Waals surface area contributed by atoms with Crippen LogP contribution in [-0.4, -0.2) is 11.8 Å². The summed E-state index contributed by atoms with van der Waals surface area (Å²) in [6.07, 6.45) is 28.9. The molecule has 0 unspecified atom stereocenters. The highest BCUT2D eigenvalue weighted by Crippen LogP contribution is 2.28. The molecule has 0 aliphatic carbocycles. The van der Waals surface area contributed by atoms with E-state index in [0.29, 0.717) is 12.8 Å². The van der Waals surface area contributed by atoms with Crippen LogP contribution in [0.4, 0.5) is 11.4 Å². The van der Waals surface area contributed by atoms with Crippen LogP contribution >= 0.6 is 8.25 Å². The summed E-state index contributed by atoms with van der Waals surface area (Å²) in [7, 11) is -2.68. The number of unbranched alkanes of at least 4 members (excludes halogenated alkanes) is 20. The molecule has 8 heteroatoms. The van der Waals surface area contributed by atoms with Gasteiger partial charge in [0, 0.05) is 24.2 Å². The van der Waals surface area contributed by atoms with E-state index in [4.69, 9.17) is 9.05 Å². The Kier molecular flexibility index (Phi) is 26.4. The lowest BCUT2D eigenvalue weighted by Crippen LogP contribution is -2.11. The molecule has 7 nitrogen and oxygen atoms in total. The topological polar surface area (TPSA) is 93.7 Å². The normalized spacial score (nSPS) is 11.3. The number of carbonyl (C=O) groups is 2. The quantitative estimate of drug-likeness (QED) is 0.0582. The van der Waals surface area contributed by atoms with Gasteiger partial charge in [-0.3, -0.25) is 14.2 Å². The SMILES string of the molecule is CCCCCCCCCCCCCC(=O)Nc1ccc(CO[PH](=O)OCc2ccc(NC(=O)CCCCCCCCCCCCC)cc2)cc1. The Bertz CT molecular complexity index is 1070. The fourth-order valence-electron chi connectivity index (χ4n) is 6.04. The Morgan fingerprint density at radius 3 is 1.04 bits per heavy atom. The lowest BCUT2D eigenvalue weighted by molar-refractivity contribution is -0.117. The molecule has 2 aromatic rings. The van der Waals surface area contributed by atoms with Crippen molar-refractivity contribution in [2.24, 2.45) is 0 Å². The van der Waals surface area contributed by atoms with E-state index in [1.807, 2.05) is 48.5 Å². The molecule has 0 heterocycles. The largest absolute Gasteiger partial charge is 0.326 e. The molecular weight excluding hydrogens is 643 g/mol. The van der Waals surface area contributed by atoms with E-state index in [9.17, 15) is 14.2 Å². The van der Waals surface area contributed by atoms with Crippen molar-refractivity contribution >= 4 is 31.4 Å². The van der Waals surface area contributed by atoms with Crippen LogP contribution in [0.15, 0.2) is 48.5 Å². The first-order chi connectivity index (χ1) is 24.5. The maximum absolute atomic E-state index is 12.3. The van der Waals surface area contributed by atoms with Gasteiger partial charge in [0.25, 0.3) is 0 Å². The molecule has 2 amide bonds. The molecule has 0 radical (unpaired) electrons. The van der Waals surface area contributed by atoms with Gasteiger partial charge in [-0.05, 0) is 48.2 Å². The third-order valence-corrected chi connectivity index (χ3v) is 9.96. The number of anilines is 2. The van der Waals surface area contributed by atoms with Crippen molar-refractivity contribution < 1.29 is 23.2 Å². The van der Waals surface area contributed by atoms with Crippen molar-refractivity contribution in [3.63, 3.8) is 0 Å². The Balaban J connectivity index is 1.49. The smallest absolute Gasteiger partial charge is 0.319 e. The second kappa shape index (κ2) is 30.2. The molecule has 0 saturated carbocycles. The highest BCUT2D eigenvalue weighted by Gasteiger charge is 2.07. The van der Waals surface area contributed by atoms with Crippen LogP contribution in [0.3, 0.4) is 0 Å². The highest BCUT2D eigenvalue weighted by atomic mass is 31.1. The summed E-state index contributed by atoms with van der Waals surface area (Å²) in [5.74, 6) is 0.0803. The van der Waals surface area contributed by atoms with Crippen molar-refractivity contribution in [1.29, 1.82) is 0 Å². The van der Waals surface area contributed by atoms with Gasteiger partial charge in [0.05, 0.1) is 13.2 Å². The maximum atomic E-state index is 12.3. The molecule has 0 aliphatic heterocycles. The van der Waals surface area contributed by atoms with Gasteiger partial charge in [0.15, 0.2) is 0 Å². The van der Waals surface area contributed by atoms with E-state index in [0.717, 1.165) is 48.2 Å². The van der Waals surface area contributed by atoms with Crippen molar-refractivity contribution in [3.05, 3.63) is 59.7 Å². The molecule has 0 spiro atoms. The molecular formula is C42H69N2O5P. The van der Waals surface area contributed by atoms with E-state index < -0.39 is 8.25 Å². The second-order valence-corrected chi connectivity index (χ2v) is 15.0. The van der Waals surface area contributed by atoms with Crippen molar-refractivity contribution in [3.8, 4) is 0 Å². The lowest BCUT2D eigenvalue weighted by Gasteiger charge is -2.09. The highest BCUT2D eigenvalue weighted by molar-refractivity contribution is 7.33. The third-order valence-electron chi connectivity index (χ3n) is 9.20. The molecule has 282 valence electrons.